The molecule has 4 rings (SSSR count). The molecule has 0 aromatic heterocycles. The first-order valence-electron chi connectivity index (χ1n) is 8.31. The van der Waals surface area contributed by atoms with Crippen LogP contribution in [-0.4, -0.2) is 25.2 Å². The molecule has 5 nitrogen and oxygen atoms in total. The van der Waals surface area contributed by atoms with Gasteiger partial charge in [-0.25, -0.2) is 0 Å². The summed E-state index contributed by atoms with van der Waals surface area (Å²) in [4.78, 5) is 12.7. The Hall–Kier alpha value is -2.69. The lowest BCUT2D eigenvalue weighted by atomic mass is 10.1. The van der Waals surface area contributed by atoms with Gasteiger partial charge >= 0.3 is 0 Å². The fourth-order valence-corrected chi connectivity index (χ4v) is 2.76. The lowest BCUT2D eigenvalue weighted by Crippen LogP contribution is -2.34. The molecule has 1 aliphatic heterocycles. The van der Waals surface area contributed by atoms with E-state index in [0.717, 1.165) is 29.8 Å². The van der Waals surface area contributed by atoms with E-state index in [2.05, 4.69) is 10.6 Å². The van der Waals surface area contributed by atoms with Crippen LogP contribution >= 0.6 is 0 Å². The van der Waals surface area contributed by atoms with Crippen LogP contribution in [-0.2, 0) is 4.79 Å². The number of hydrogen-bond acceptors (Lipinski definition) is 4. The molecule has 0 saturated heterocycles. The second kappa shape index (κ2) is 6.43. The summed E-state index contributed by atoms with van der Waals surface area (Å²) in [6, 6.07) is 15.3. The Morgan fingerprint density at radius 1 is 1.00 bits per heavy atom. The van der Waals surface area contributed by atoms with Gasteiger partial charge in [-0.1, -0.05) is 30.3 Å². The Kier molecular flexibility index (Phi) is 3.99. The molecular weight excluding hydrogens is 304 g/mol. The van der Waals surface area contributed by atoms with Gasteiger partial charge in [0, 0.05) is 17.8 Å². The lowest BCUT2D eigenvalue weighted by Gasteiger charge is -2.22. The summed E-state index contributed by atoms with van der Waals surface area (Å²) >= 11 is 0. The molecule has 2 aromatic rings. The quantitative estimate of drug-likeness (QED) is 0.888. The lowest BCUT2D eigenvalue weighted by molar-refractivity contribution is -0.122. The van der Waals surface area contributed by atoms with Gasteiger partial charge in [0.2, 0.25) is 5.91 Å². The zero-order chi connectivity index (χ0) is 16.4. The Bertz CT molecular complexity index is 729. The predicted octanol–water partition coefficient (Wildman–Crippen LogP) is 2.89. The summed E-state index contributed by atoms with van der Waals surface area (Å²) < 4.78 is 11.2. The van der Waals surface area contributed by atoms with Crippen LogP contribution in [0.25, 0.3) is 0 Å². The summed E-state index contributed by atoms with van der Waals surface area (Å²) in [5.41, 5.74) is 1.77. The van der Waals surface area contributed by atoms with Gasteiger partial charge in [0.05, 0.1) is 0 Å². The third kappa shape index (κ3) is 3.30. The van der Waals surface area contributed by atoms with Gasteiger partial charge in [0.15, 0.2) is 11.5 Å². The smallest absolute Gasteiger partial charge is 0.247 e. The molecule has 2 aliphatic rings. The highest BCUT2D eigenvalue weighted by molar-refractivity contribution is 5.86. The number of carbonyl (C=O) groups excluding carboxylic acids is 1. The molecule has 2 N–H and O–H groups in total. The van der Waals surface area contributed by atoms with E-state index >= 15 is 0 Å². The number of nitrogens with one attached hydrogen (secondary N) is 2. The molecule has 24 heavy (non-hydrogen) atoms. The van der Waals surface area contributed by atoms with E-state index in [1.807, 2.05) is 48.5 Å². The zero-order valence-corrected chi connectivity index (χ0v) is 13.3. The molecule has 1 atom stereocenters. The maximum Gasteiger partial charge on any atom is 0.247 e. The van der Waals surface area contributed by atoms with Crippen molar-refractivity contribution in [2.45, 2.75) is 24.9 Å². The minimum atomic E-state index is -0.436. The van der Waals surface area contributed by atoms with Crippen LogP contribution < -0.4 is 20.1 Å². The van der Waals surface area contributed by atoms with Crippen molar-refractivity contribution in [1.82, 2.24) is 5.32 Å². The van der Waals surface area contributed by atoms with E-state index in [0.29, 0.717) is 25.0 Å². The number of benzene rings is 2. The van der Waals surface area contributed by atoms with Crippen LogP contribution in [0.4, 0.5) is 5.69 Å². The third-order valence-corrected chi connectivity index (χ3v) is 4.17. The monoisotopic (exact) mass is 324 g/mol. The van der Waals surface area contributed by atoms with E-state index in [-0.39, 0.29) is 5.91 Å². The van der Waals surface area contributed by atoms with Crippen LogP contribution in [0.1, 0.15) is 24.4 Å². The van der Waals surface area contributed by atoms with E-state index < -0.39 is 6.04 Å². The first kappa shape index (κ1) is 14.9. The molecule has 0 radical (unpaired) electrons. The molecule has 2 aromatic carbocycles. The Labute approximate surface area is 141 Å². The van der Waals surface area contributed by atoms with Gasteiger partial charge < -0.3 is 20.1 Å². The average molecular weight is 324 g/mol. The highest BCUT2D eigenvalue weighted by atomic mass is 16.6. The second-order valence-corrected chi connectivity index (χ2v) is 6.13. The molecule has 124 valence electrons. The van der Waals surface area contributed by atoms with Crippen molar-refractivity contribution in [1.29, 1.82) is 0 Å². The number of carbonyl (C=O) groups is 1. The minimum Gasteiger partial charge on any atom is -0.486 e. The number of amides is 1. The molecule has 1 amide bonds. The van der Waals surface area contributed by atoms with Crippen LogP contribution in [0.15, 0.2) is 48.5 Å². The number of ether oxygens (including phenoxy) is 2. The van der Waals surface area contributed by atoms with Gasteiger partial charge in [-0.3, -0.25) is 4.79 Å². The Balaban J connectivity index is 1.57. The maximum atomic E-state index is 12.7. The summed E-state index contributed by atoms with van der Waals surface area (Å²) in [5.74, 6) is 1.45. The maximum absolute atomic E-state index is 12.7. The van der Waals surface area contributed by atoms with E-state index in [4.69, 9.17) is 9.47 Å². The summed E-state index contributed by atoms with van der Waals surface area (Å²) in [6.07, 6.45) is 2.13. The molecule has 1 fully saturated rings. The minimum absolute atomic E-state index is 0.00131. The zero-order valence-electron chi connectivity index (χ0n) is 13.3. The Morgan fingerprint density at radius 2 is 1.75 bits per heavy atom. The van der Waals surface area contributed by atoms with Crippen LogP contribution in [0.2, 0.25) is 0 Å². The van der Waals surface area contributed by atoms with E-state index in [1.165, 1.54) is 0 Å². The fraction of sp³-hybridized carbons (Fsp3) is 0.316. The normalized spacial score (nSPS) is 17.0. The van der Waals surface area contributed by atoms with Crippen LogP contribution in [0.3, 0.4) is 0 Å². The highest BCUT2D eigenvalue weighted by Gasteiger charge is 2.28. The average Bonchev–Trinajstić information content (AvgIpc) is 3.44. The topological polar surface area (TPSA) is 59.6 Å². The van der Waals surface area contributed by atoms with E-state index in [9.17, 15) is 4.79 Å². The van der Waals surface area contributed by atoms with Crippen LogP contribution in [0, 0.1) is 0 Å². The highest BCUT2D eigenvalue weighted by Crippen LogP contribution is 2.34. The third-order valence-electron chi connectivity index (χ3n) is 4.17. The number of anilines is 1. The van der Waals surface area contributed by atoms with Gasteiger partial charge in [-0.05, 0) is 30.5 Å². The van der Waals surface area contributed by atoms with Crippen molar-refractivity contribution in [3.63, 3.8) is 0 Å². The molecule has 1 saturated carbocycles. The molecular formula is C19H20N2O3. The van der Waals surface area contributed by atoms with Crippen molar-refractivity contribution >= 4 is 11.6 Å². The van der Waals surface area contributed by atoms with Crippen molar-refractivity contribution in [2.75, 3.05) is 18.5 Å². The van der Waals surface area contributed by atoms with Gasteiger partial charge in [-0.15, -0.1) is 0 Å². The standard InChI is InChI=1S/C19H20N2O3/c22-19(21-14-6-7-14)18(13-4-2-1-3-5-13)20-15-8-9-16-17(12-15)24-11-10-23-16/h1-5,8-9,12,14,18,20H,6-7,10-11H2,(H,21,22). The van der Waals surface area contributed by atoms with Crippen molar-refractivity contribution in [2.24, 2.45) is 0 Å². The molecule has 1 heterocycles. The van der Waals surface area contributed by atoms with Crippen molar-refractivity contribution in [3.05, 3.63) is 54.1 Å². The van der Waals surface area contributed by atoms with Crippen LogP contribution in [0.5, 0.6) is 11.5 Å². The molecule has 0 bridgehead atoms. The summed E-state index contributed by atoms with van der Waals surface area (Å²) in [6.45, 7) is 1.11. The summed E-state index contributed by atoms with van der Waals surface area (Å²) in [5, 5.41) is 6.41. The summed E-state index contributed by atoms with van der Waals surface area (Å²) in [7, 11) is 0. The number of rotatable bonds is 5. The molecule has 1 aliphatic carbocycles. The SMILES string of the molecule is O=C(NC1CC1)C(Nc1ccc2c(c1)OCCO2)c1ccccc1. The van der Waals surface area contributed by atoms with Crippen molar-refractivity contribution < 1.29 is 14.3 Å². The number of fused-ring (bicyclic) bond motifs is 1. The second-order valence-electron chi connectivity index (χ2n) is 6.13. The first-order valence-corrected chi connectivity index (χ1v) is 8.31. The van der Waals surface area contributed by atoms with Gasteiger partial charge in [0.1, 0.15) is 19.3 Å². The molecule has 0 spiro atoms. The predicted molar refractivity (Wildman–Crippen MR) is 91.4 cm³/mol. The van der Waals surface area contributed by atoms with E-state index in [1.54, 1.807) is 0 Å². The largest absolute Gasteiger partial charge is 0.486 e. The number of hydrogen-bond donors (Lipinski definition) is 2. The van der Waals surface area contributed by atoms with Gasteiger partial charge in [0.25, 0.3) is 0 Å². The first-order chi connectivity index (χ1) is 11.8. The Morgan fingerprint density at radius 3 is 2.50 bits per heavy atom. The fourth-order valence-electron chi connectivity index (χ4n) is 2.76. The molecule has 5 heteroatoms. The van der Waals surface area contributed by atoms with Crippen molar-refractivity contribution in [3.8, 4) is 11.5 Å². The molecule has 1 unspecified atom stereocenters. The van der Waals surface area contributed by atoms with Gasteiger partial charge in [-0.2, -0.15) is 0 Å².